The Labute approximate surface area is 98.4 Å². The summed E-state index contributed by atoms with van der Waals surface area (Å²) < 4.78 is 27.1. The highest BCUT2D eigenvalue weighted by Crippen LogP contribution is 2.23. The zero-order valence-electron chi connectivity index (χ0n) is 9.76. The maximum Gasteiger partial charge on any atom is 0.239 e. The minimum atomic E-state index is -0.987. The smallest absolute Gasteiger partial charge is 0.239 e. The third-order valence-corrected chi connectivity index (χ3v) is 2.43. The van der Waals surface area contributed by atoms with Gasteiger partial charge in [0.1, 0.15) is 0 Å². The van der Waals surface area contributed by atoms with Gasteiger partial charge in [0, 0.05) is 26.2 Å². The molecule has 4 nitrogen and oxygen atoms in total. The van der Waals surface area contributed by atoms with E-state index in [1.54, 1.807) is 0 Å². The van der Waals surface area contributed by atoms with E-state index >= 15 is 0 Å². The number of nitrogens with zero attached hydrogens (tertiary/aromatic N) is 1. The van der Waals surface area contributed by atoms with E-state index in [2.05, 4.69) is 5.32 Å². The molecule has 0 bridgehead atoms. The first kappa shape index (κ1) is 13.4. The molecule has 0 heterocycles. The van der Waals surface area contributed by atoms with Crippen molar-refractivity contribution in [3.8, 4) is 0 Å². The highest BCUT2D eigenvalue weighted by Gasteiger charge is 2.16. The highest BCUT2D eigenvalue weighted by molar-refractivity contribution is 5.80. The summed E-state index contributed by atoms with van der Waals surface area (Å²) in [5, 5.41) is 2.41. The molecule has 0 aliphatic carbocycles. The first-order chi connectivity index (χ1) is 8.01. The number of carbonyl (C=O) groups excluding carboxylic acids is 1. The molecule has 0 saturated heterocycles. The number of hydrogen-bond donors (Lipinski definition) is 2. The quantitative estimate of drug-likeness (QED) is 0.814. The summed E-state index contributed by atoms with van der Waals surface area (Å²) in [6, 6.07) is 2.82. The second kappa shape index (κ2) is 5.58. The molecule has 6 heteroatoms. The molecular weight excluding hydrogens is 228 g/mol. The summed E-state index contributed by atoms with van der Waals surface area (Å²) in [6.45, 7) is -0.114. The van der Waals surface area contributed by atoms with Gasteiger partial charge in [0.15, 0.2) is 11.6 Å². The van der Waals surface area contributed by atoms with Crippen LogP contribution in [0.3, 0.4) is 0 Å². The molecule has 0 unspecified atom stereocenters. The van der Waals surface area contributed by atoms with Crippen molar-refractivity contribution in [1.29, 1.82) is 0 Å². The SMILES string of the molecule is CNC(=O)CN(C)c1ccc(CN)c(F)c1F. The van der Waals surface area contributed by atoms with Crippen LogP contribution in [0.2, 0.25) is 0 Å². The molecule has 1 rings (SSSR count). The summed E-state index contributed by atoms with van der Waals surface area (Å²) in [4.78, 5) is 12.5. The molecule has 0 fully saturated rings. The number of anilines is 1. The van der Waals surface area contributed by atoms with Crippen LogP contribution in [0.15, 0.2) is 12.1 Å². The van der Waals surface area contributed by atoms with Crippen LogP contribution in [0, 0.1) is 11.6 Å². The average molecular weight is 243 g/mol. The zero-order chi connectivity index (χ0) is 13.0. The first-order valence-electron chi connectivity index (χ1n) is 5.10. The number of benzene rings is 1. The lowest BCUT2D eigenvalue weighted by Gasteiger charge is -2.19. The van der Waals surface area contributed by atoms with Gasteiger partial charge in [0.05, 0.1) is 12.2 Å². The lowest BCUT2D eigenvalue weighted by Crippen LogP contribution is -2.33. The zero-order valence-corrected chi connectivity index (χ0v) is 9.76. The van der Waals surface area contributed by atoms with Crippen LogP contribution in [0.1, 0.15) is 5.56 Å². The number of nitrogens with one attached hydrogen (secondary N) is 1. The lowest BCUT2D eigenvalue weighted by atomic mass is 10.1. The molecule has 0 aliphatic heterocycles. The Morgan fingerprint density at radius 3 is 2.59 bits per heavy atom. The van der Waals surface area contributed by atoms with E-state index in [-0.39, 0.29) is 30.2 Å². The van der Waals surface area contributed by atoms with Crippen molar-refractivity contribution in [3.05, 3.63) is 29.3 Å². The fourth-order valence-electron chi connectivity index (χ4n) is 1.41. The van der Waals surface area contributed by atoms with Crippen molar-refractivity contribution >= 4 is 11.6 Å². The molecule has 1 aromatic carbocycles. The second-order valence-electron chi connectivity index (χ2n) is 3.61. The van der Waals surface area contributed by atoms with E-state index in [1.807, 2.05) is 0 Å². The van der Waals surface area contributed by atoms with Gasteiger partial charge in [-0.1, -0.05) is 6.07 Å². The van der Waals surface area contributed by atoms with E-state index in [1.165, 1.54) is 31.1 Å². The summed E-state index contributed by atoms with van der Waals surface area (Å²) in [6.07, 6.45) is 0. The Kier molecular flexibility index (Phi) is 4.39. The van der Waals surface area contributed by atoms with E-state index in [4.69, 9.17) is 5.73 Å². The Hall–Kier alpha value is -1.69. The van der Waals surface area contributed by atoms with Gasteiger partial charge in [0.25, 0.3) is 0 Å². The predicted molar refractivity (Wildman–Crippen MR) is 61.6 cm³/mol. The van der Waals surface area contributed by atoms with Crippen molar-refractivity contribution in [1.82, 2.24) is 5.32 Å². The van der Waals surface area contributed by atoms with E-state index in [0.29, 0.717) is 0 Å². The Balaban J connectivity index is 2.99. The monoisotopic (exact) mass is 243 g/mol. The lowest BCUT2D eigenvalue weighted by molar-refractivity contribution is -0.119. The topological polar surface area (TPSA) is 58.4 Å². The predicted octanol–water partition coefficient (Wildman–Crippen LogP) is 0.606. The molecule has 17 heavy (non-hydrogen) atoms. The fraction of sp³-hybridized carbons (Fsp3) is 0.364. The molecule has 3 N–H and O–H groups in total. The normalized spacial score (nSPS) is 10.2. The average Bonchev–Trinajstić information content (AvgIpc) is 2.32. The van der Waals surface area contributed by atoms with Crippen LogP contribution in [0.4, 0.5) is 14.5 Å². The number of nitrogens with two attached hydrogens (primary N) is 1. The van der Waals surface area contributed by atoms with Gasteiger partial charge in [-0.25, -0.2) is 8.78 Å². The number of halogens is 2. The molecule has 0 saturated carbocycles. The van der Waals surface area contributed by atoms with E-state index < -0.39 is 11.6 Å². The van der Waals surface area contributed by atoms with Gasteiger partial charge in [-0.2, -0.15) is 0 Å². The molecule has 0 aromatic heterocycles. The minimum Gasteiger partial charge on any atom is -0.363 e. The third-order valence-electron chi connectivity index (χ3n) is 2.43. The molecule has 94 valence electrons. The van der Waals surface area contributed by atoms with Crippen molar-refractivity contribution in [2.24, 2.45) is 5.73 Å². The number of rotatable bonds is 4. The Morgan fingerprint density at radius 2 is 2.06 bits per heavy atom. The van der Waals surface area contributed by atoms with Crippen LogP contribution in [-0.4, -0.2) is 26.5 Å². The molecule has 0 atom stereocenters. The van der Waals surface area contributed by atoms with Gasteiger partial charge in [-0.3, -0.25) is 4.79 Å². The van der Waals surface area contributed by atoms with Gasteiger partial charge < -0.3 is 16.0 Å². The molecular formula is C11H15F2N3O. The second-order valence-corrected chi connectivity index (χ2v) is 3.61. The molecule has 0 aliphatic rings. The molecule has 1 aromatic rings. The third kappa shape index (κ3) is 2.91. The van der Waals surface area contributed by atoms with Crippen LogP contribution < -0.4 is 16.0 Å². The maximum absolute atomic E-state index is 13.7. The number of hydrogen-bond acceptors (Lipinski definition) is 3. The molecule has 0 radical (unpaired) electrons. The van der Waals surface area contributed by atoms with Crippen LogP contribution in [0.5, 0.6) is 0 Å². The Bertz CT molecular complexity index is 423. The van der Waals surface area contributed by atoms with E-state index in [0.717, 1.165) is 0 Å². The Morgan fingerprint density at radius 1 is 1.41 bits per heavy atom. The minimum absolute atomic E-state index is 0.0308. The largest absolute Gasteiger partial charge is 0.363 e. The fourth-order valence-corrected chi connectivity index (χ4v) is 1.41. The first-order valence-corrected chi connectivity index (χ1v) is 5.10. The standard InChI is InChI=1S/C11H15F2N3O/c1-15-9(17)6-16(2)8-4-3-7(5-14)10(12)11(8)13/h3-4H,5-6,14H2,1-2H3,(H,15,17). The van der Waals surface area contributed by atoms with Crippen molar-refractivity contribution in [2.45, 2.75) is 6.54 Å². The van der Waals surface area contributed by atoms with Crippen LogP contribution in [0.25, 0.3) is 0 Å². The number of carbonyl (C=O) groups is 1. The van der Waals surface area contributed by atoms with Crippen molar-refractivity contribution in [2.75, 3.05) is 25.5 Å². The van der Waals surface area contributed by atoms with Gasteiger partial charge in [-0.15, -0.1) is 0 Å². The van der Waals surface area contributed by atoms with Crippen LogP contribution >= 0.6 is 0 Å². The van der Waals surface area contributed by atoms with Crippen LogP contribution in [-0.2, 0) is 11.3 Å². The summed E-state index contributed by atoms with van der Waals surface area (Å²) in [5.74, 6) is -2.23. The van der Waals surface area contributed by atoms with Crippen molar-refractivity contribution < 1.29 is 13.6 Å². The van der Waals surface area contributed by atoms with E-state index in [9.17, 15) is 13.6 Å². The summed E-state index contributed by atoms with van der Waals surface area (Å²) >= 11 is 0. The molecule has 1 amide bonds. The summed E-state index contributed by atoms with van der Waals surface area (Å²) in [7, 11) is 2.99. The number of amides is 1. The van der Waals surface area contributed by atoms with Gasteiger partial charge >= 0.3 is 0 Å². The summed E-state index contributed by atoms with van der Waals surface area (Å²) in [5.41, 5.74) is 5.41. The van der Waals surface area contributed by atoms with Gasteiger partial charge in [0.2, 0.25) is 5.91 Å². The molecule has 0 spiro atoms. The van der Waals surface area contributed by atoms with Crippen molar-refractivity contribution in [3.63, 3.8) is 0 Å². The highest BCUT2D eigenvalue weighted by atomic mass is 19.2. The van der Waals surface area contributed by atoms with Gasteiger partial charge in [-0.05, 0) is 6.07 Å². The number of likely N-dealkylation sites (N-methyl/N-ethyl adjacent to an activating group) is 2. The maximum atomic E-state index is 13.7.